The third-order valence-electron chi connectivity index (χ3n) is 2.66. The van der Waals surface area contributed by atoms with Gasteiger partial charge in [0.1, 0.15) is 0 Å². The number of aryl methyl sites for hydroxylation is 2. The van der Waals surface area contributed by atoms with Crippen molar-refractivity contribution in [3.8, 4) is 0 Å². The van der Waals surface area contributed by atoms with E-state index in [0.717, 1.165) is 12.2 Å². The lowest BCUT2D eigenvalue weighted by Crippen LogP contribution is -2.00. The van der Waals surface area contributed by atoms with Gasteiger partial charge in [-0.3, -0.25) is 4.98 Å². The van der Waals surface area contributed by atoms with Gasteiger partial charge in [0.25, 0.3) is 0 Å². The Morgan fingerprint density at radius 2 is 1.94 bits per heavy atom. The van der Waals surface area contributed by atoms with E-state index in [1.165, 1.54) is 21.2 Å². The fourth-order valence-corrected chi connectivity index (χ4v) is 1.98. The number of hydrogen-bond donors (Lipinski definition) is 1. The lowest BCUT2D eigenvalue weighted by atomic mass is 10.1. The molecule has 1 aromatic heterocycles. The third kappa shape index (κ3) is 3.07. The summed E-state index contributed by atoms with van der Waals surface area (Å²) in [4.78, 5) is 4.10. The lowest BCUT2D eigenvalue weighted by molar-refractivity contribution is 1.11. The summed E-state index contributed by atoms with van der Waals surface area (Å²) in [5, 5.41) is 3.41. The van der Waals surface area contributed by atoms with E-state index in [1.54, 1.807) is 6.20 Å². The van der Waals surface area contributed by atoms with Crippen LogP contribution in [0.15, 0.2) is 41.1 Å². The van der Waals surface area contributed by atoms with Crippen molar-refractivity contribution in [1.82, 2.24) is 4.98 Å². The first kappa shape index (κ1) is 12.1. The summed E-state index contributed by atoms with van der Waals surface area (Å²) in [7, 11) is 0. The summed E-state index contributed by atoms with van der Waals surface area (Å²) >= 11 is 3.57. The fraction of sp³-hybridized carbons (Fsp3) is 0.214. The number of pyridine rings is 1. The van der Waals surface area contributed by atoms with Crippen LogP contribution in [-0.2, 0) is 6.54 Å². The quantitative estimate of drug-likeness (QED) is 0.922. The Bertz CT molecular complexity index is 486. The predicted octanol–water partition coefficient (Wildman–Crippen LogP) is 4.07. The van der Waals surface area contributed by atoms with Crippen molar-refractivity contribution in [2.45, 2.75) is 20.4 Å². The van der Waals surface area contributed by atoms with Gasteiger partial charge in [0, 0.05) is 29.1 Å². The van der Waals surface area contributed by atoms with E-state index in [4.69, 9.17) is 0 Å². The topological polar surface area (TPSA) is 24.9 Å². The third-order valence-corrected chi connectivity index (χ3v) is 3.91. The molecule has 88 valence electrons. The number of hydrogen-bond acceptors (Lipinski definition) is 2. The van der Waals surface area contributed by atoms with Gasteiger partial charge in [0.15, 0.2) is 0 Å². The van der Waals surface area contributed by atoms with Gasteiger partial charge in [-0.25, -0.2) is 0 Å². The van der Waals surface area contributed by atoms with E-state index in [9.17, 15) is 0 Å². The zero-order chi connectivity index (χ0) is 12.3. The van der Waals surface area contributed by atoms with Crippen molar-refractivity contribution >= 4 is 21.6 Å². The minimum absolute atomic E-state index is 0.800. The average Bonchev–Trinajstić information content (AvgIpc) is 2.34. The summed E-state index contributed by atoms with van der Waals surface area (Å²) in [5.41, 5.74) is 4.83. The Labute approximate surface area is 110 Å². The molecular weight excluding hydrogens is 276 g/mol. The molecule has 0 aliphatic carbocycles. The van der Waals surface area contributed by atoms with E-state index in [-0.39, 0.29) is 0 Å². The van der Waals surface area contributed by atoms with Crippen LogP contribution >= 0.6 is 15.9 Å². The van der Waals surface area contributed by atoms with Crippen LogP contribution in [-0.4, -0.2) is 4.98 Å². The Morgan fingerprint density at radius 3 is 2.53 bits per heavy atom. The number of nitrogens with zero attached hydrogens (tertiary/aromatic N) is 1. The smallest absolute Gasteiger partial charge is 0.0416 e. The van der Waals surface area contributed by atoms with Crippen LogP contribution in [0.3, 0.4) is 0 Å². The lowest BCUT2D eigenvalue weighted by Gasteiger charge is -2.10. The van der Waals surface area contributed by atoms with Crippen molar-refractivity contribution < 1.29 is 0 Å². The van der Waals surface area contributed by atoms with E-state index in [1.807, 2.05) is 12.3 Å². The molecule has 0 fully saturated rings. The van der Waals surface area contributed by atoms with Crippen LogP contribution in [0, 0.1) is 13.8 Å². The van der Waals surface area contributed by atoms with E-state index >= 15 is 0 Å². The standard InChI is InChI=1S/C14H15BrN2/c1-10-6-13(7-11(2)14(10)15)17-9-12-4-3-5-16-8-12/h3-8,17H,9H2,1-2H3. The molecule has 0 amide bonds. The fourth-order valence-electron chi connectivity index (χ4n) is 1.75. The maximum atomic E-state index is 4.10. The van der Waals surface area contributed by atoms with Crippen LogP contribution in [0.2, 0.25) is 0 Å². The summed E-state index contributed by atoms with van der Waals surface area (Å²) in [6.45, 7) is 5.01. The number of halogens is 1. The molecule has 0 bridgehead atoms. The number of aromatic nitrogens is 1. The molecule has 0 saturated carbocycles. The van der Waals surface area contributed by atoms with Gasteiger partial charge < -0.3 is 5.32 Å². The Kier molecular flexibility index (Phi) is 3.79. The first-order valence-corrected chi connectivity index (χ1v) is 6.35. The highest BCUT2D eigenvalue weighted by atomic mass is 79.9. The monoisotopic (exact) mass is 290 g/mol. The van der Waals surface area contributed by atoms with Crippen molar-refractivity contribution in [2.24, 2.45) is 0 Å². The molecule has 0 aliphatic heterocycles. The Morgan fingerprint density at radius 1 is 1.24 bits per heavy atom. The summed E-state index contributed by atoms with van der Waals surface area (Å²) in [6, 6.07) is 8.31. The molecule has 2 aromatic rings. The van der Waals surface area contributed by atoms with Gasteiger partial charge in [0.2, 0.25) is 0 Å². The SMILES string of the molecule is Cc1cc(NCc2cccnc2)cc(C)c1Br. The molecule has 2 nitrogen and oxygen atoms in total. The van der Waals surface area contributed by atoms with Gasteiger partial charge in [-0.05, 0) is 48.7 Å². The number of nitrogens with one attached hydrogen (secondary N) is 1. The van der Waals surface area contributed by atoms with Crippen molar-refractivity contribution in [2.75, 3.05) is 5.32 Å². The average molecular weight is 291 g/mol. The number of anilines is 1. The Hall–Kier alpha value is -1.35. The summed E-state index contributed by atoms with van der Waals surface area (Å²) in [5.74, 6) is 0. The van der Waals surface area contributed by atoms with Crippen molar-refractivity contribution in [3.05, 3.63) is 57.8 Å². The molecule has 3 heteroatoms. The highest BCUT2D eigenvalue weighted by molar-refractivity contribution is 9.10. The predicted molar refractivity (Wildman–Crippen MR) is 75.2 cm³/mol. The number of benzene rings is 1. The first-order valence-electron chi connectivity index (χ1n) is 5.56. The zero-order valence-electron chi connectivity index (χ0n) is 10.00. The molecule has 1 N–H and O–H groups in total. The largest absolute Gasteiger partial charge is 0.381 e. The summed E-state index contributed by atoms with van der Waals surface area (Å²) < 4.78 is 1.18. The molecule has 0 radical (unpaired) electrons. The van der Waals surface area contributed by atoms with E-state index in [2.05, 4.69) is 58.3 Å². The molecular formula is C14H15BrN2. The highest BCUT2D eigenvalue weighted by Gasteiger charge is 2.02. The van der Waals surface area contributed by atoms with Crippen LogP contribution in [0.25, 0.3) is 0 Å². The minimum Gasteiger partial charge on any atom is -0.381 e. The van der Waals surface area contributed by atoms with Gasteiger partial charge in [-0.2, -0.15) is 0 Å². The molecule has 1 heterocycles. The van der Waals surface area contributed by atoms with Crippen molar-refractivity contribution in [1.29, 1.82) is 0 Å². The molecule has 1 aromatic carbocycles. The van der Waals surface area contributed by atoms with Crippen molar-refractivity contribution in [3.63, 3.8) is 0 Å². The second-order valence-electron chi connectivity index (χ2n) is 4.14. The highest BCUT2D eigenvalue weighted by Crippen LogP contribution is 2.25. The Balaban J connectivity index is 2.10. The number of rotatable bonds is 3. The molecule has 0 saturated heterocycles. The minimum atomic E-state index is 0.800. The second-order valence-corrected chi connectivity index (χ2v) is 4.93. The van der Waals surface area contributed by atoms with Gasteiger partial charge in [-0.1, -0.05) is 22.0 Å². The maximum absolute atomic E-state index is 4.10. The zero-order valence-corrected chi connectivity index (χ0v) is 11.6. The molecule has 2 rings (SSSR count). The van der Waals surface area contributed by atoms with Crippen LogP contribution < -0.4 is 5.32 Å². The molecule has 17 heavy (non-hydrogen) atoms. The summed E-state index contributed by atoms with van der Waals surface area (Å²) in [6.07, 6.45) is 3.67. The van der Waals surface area contributed by atoms with E-state index < -0.39 is 0 Å². The first-order chi connectivity index (χ1) is 8.16. The normalized spacial score (nSPS) is 10.3. The molecule has 0 unspecified atom stereocenters. The van der Waals surface area contributed by atoms with Gasteiger partial charge in [0.05, 0.1) is 0 Å². The van der Waals surface area contributed by atoms with Crippen LogP contribution in [0.4, 0.5) is 5.69 Å². The van der Waals surface area contributed by atoms with Gasteiger partial charge in [-0.15, -0.1) is 0 Å². The second kappa shape index (κ2) is 5.32. The maximum Gasteiger partial charge on any atom is 0.0416 e. The molecule has 0 atom stereocenters. The molecule has 0 spiro atoms. The van der Waals surface area contributed by atoms with Gasteiger partial charge >= 0.3 is 0 Å². The molecule has 0 aliphatic rings. The van der Waals surface area contributed by atoms with E-state index in [0.29, 0.717) is 0 Å². The van der Waals surface area contributed by atoms with Crippen LogP contribution in [0.1, 0.15) is 16.7 Å². The van der Waals surface area contributed by atoms with Crippen LogP contribution in [0.5, 0.6) is 0 Å².